The third kappa shape index (κ3) is 2.23. The molecule has 1 fully saturated rings. The highest BCUT2D eigenvalue weighted by Crippen LogP contribution is 2.09. The second-order valence-corrected chi connectivity index (χ2v) is 3.62. The predicted octanol–water partition coefficient (Wildman–Crippen LogP) is -1.19. The first-order valence-corrected chi connectivity index (χ1v) is 4.76. The van der Waals surface area contributed by atoms with E-state index in [4.69, 9.17) is 4.74 Å². The van der Waals surface area contributed by atoms with E-state index in [0.717, 1.165) is 0 Å². The molecule has 1 rings (SSSR count). The van der Waals surface area contributed by atoms with Gasteiger partial charge in [0.25, 0.3) is 5.91 Å². The summed E-state index contributed by atoms with van der Waals surface area (Å²) in [5.74, 6) is -0.0970. The Labute approximate surface area is 84.0 Å². The highest BCUT2D eigenvalue weighted by Gasteiger charge is 2.32. The molecule has 0 aromatic rings. The molecule has 1 aliphatic heterocycles. The highest BCUT2D eigenvalue weighted by molar-refractivity contribution is 5.80. The van der Waals surface area contributed by atoms with E-state index >= 15 is 0 Å². The zero-order valence-corrected chi connectivity index (χ0v) is 8.86. The number of β-amino-alcohol motifs (C(OH)–C–C–N with tert-alkyl or cyclic N) is 1. The van der Waals surface area contributed by atoms with Crippen LogP contribution in [0.4, 0.5) is 0 Å². The Balaban J connectivity index is 2.55. The number of carbonyl (C=O) groups excluding carboxylic acids is 1. The van der Waals surface area contributed by atoms with Gasteiger partial charge < -0.3 is 20.1 Å². The normalized spacial score (nSPS) is 28.9. The van der Waals surface area contributed by atoms with Crippen LogP contribution in [-0.4, -0.2) is 61.4 Å². The zero-order valence-electron chi connectivity index (χ0n) is 8.86. The quantitative estimate of drug-likeness (QED) is 0.604. The van der Waals surface area contributed by atoms with Gasteiger partial charge in [-0.05, 0) is 6.92 Å². The molecule has 3 atom stereocenters. The Morgan fingerprint density at radius 2 is 2.29 bits per heavy atom. The van der Waals surface area contributed by atoms with E-state index in [2.05, 4.69) is 5.32 Å². The van der Waals surface area contributed by atoms with Gasteiger partial charge in [0.2, 0.25) is 0 Å². The largest absolute Gasteiger partial charge is 0.390 e. The average Bonchev–Trinajstić information content (AvgIpc) is 2.61. The molecule has 1 heterocycles. The number of ether oxygens (including phenoxy) is 1. The van der Waals surface area contributed by atoms with Crippen molar-refractivity contribution in [2.24, 2.45) is 0 Å². The van der Waals surface area contributed by atoms with E-state index in [1.54, 1.807) is 18.9 Å². The molecule has 2 N–H and O–H groups in total. The van der Waals surface area contributed by atoms with Gasteiger partial charge in [-0.25, -0.2) is 0 Å². The molecule has 0 aliphatic carbocycles. The van der Waals surface area contributed by atoms with Crippen molar-refractivity contribution in [1.82, 2.24) is 10.2 Å². The number of nitrogens with one attached hydrogen (secondary N) is 1. The number of rotatable bonds is 3. The summed E-state index contributed by atoms with van der Waals surface area (Å²) in [6, 6.07) is -0.139. The number of aliphatic hydroxyl groups excluding tert-OH is 1. The summed E-state index contributed by atoms with van der Waals surface area (Å²) in [5.41, 5.74) is 0. The zero-order chi connectivity index (χ0) is 10.7. The first-order chi connectivity index (χ1) is 6.57. The molecule has 5 heteroatoms. The van der Waals surface area contributed by atoms with Crippen LogP contribution >= 0.6 is 0 Å². The van der Waals surface area contributed by atoms with Crippen LogP contribution in [0.2, 0.25) is 0 Å². The molecule has 0 spiro atoms. The summed E-state index contributed by atoms with van der Waals surface area (Å²) in [6.45, 7) is 2.89. The van der Waals surface area contributed by atoms with Gasteiger partial charge in [0, 0.05) is 27.2 Å². The number of hydrogen-bond donors (Lipinski definition) is 2. The van der Waals surface area contributed by atoms with Gasteiger partial charge in [0.05, 0.1) is 12.1 Å². The van der Waals surface area contributed by atoms with E-state index in [9.17, 15) is 9.90 Å². The first kappa shape index (κ1) is 11.4. The Kier molecular flexibility index (Phi) is 3.86. The molecule has 0 aromatic carbocycles. The maximum atomic E-state index is 11.7. The number of nitrogens with zero attached hydrogens (tertiary/aromatic N) is 1. The standard InChI is InChI=1S/C9H18N2O3/c1-6(14-3)9(13)11(2)7-4-10-5-8(7)12/h6-8,10,12H,4-5H2,1-3H3/t6?,7-,8-/m1/s1. The van der Waals surface area contributed by atoms with Crippen LogP contribution in [0, 0.1) is 0 Å². The van der Waals surface area contributed by atoms with Crippen molar-refractivity contribution in [1.29, 1.82) is 0 Å². The SMILES string of the molecule is COC(C)C(=O)N(C)[C@@H]1CNC[C@H]1O. The van der Waals surface area contributed by atoms with Crippen LogP contribution in [0.1, 0.15) is 6.92 Å². The van der Waals surface area contributed by atoms with Crippen molar-refractivity contribution in [3.05, 3.63) is 0 Å². The van der Waals surface area contributed by atoms with Gasteiger partial charge in [0.1, 0.15) is 6.10 Å². The molecule has 1 unspecified atom stereocenters. The van der Waals surface area contributed by atoms with Crippen LogP contribution in [0.3, 0.4) is 0 Å². The van der Waals surface area contributed by atoms with Crippen LogP contribution in [0.25, 0.3) is 0 Å². The second-order valence-electron chi connectivity index (χ2n) is 3.62. The summed E-state index contributed by atoms with van der Waals surface area (Å²) >= 11 is 0. The minimum absolute atomic E-state index is 0.0970. The fourth-order valence-electron chi connectivity index (χ4n) is 1.60. The van der Waals surface area contributed by atoms with Gasteiger partial charge in [0.15, 0.2) is 0 Å². The van der Waals surface area contributed by atoms with Gasteiger partial charge in [-0.1, -0.05) is 0 Å². The van der Waals surface area contributed by atoms with Gasteiger partial charge in [-0.3, -0.25) is 4.79 Å². The molecule has 5 nitrogen and oxygen atoms in total. The van der Waals surface area contributed by atoms with E-state index < -0.39 is 12.2 Å². The summed E-state index contributed by atoms with van der Waals surface area (Å²) in [4.78, 5) is 13.2. The lowest BCUT2D eigenvalue weighted by Gasteiger charge is -2.28. The van der Waals surface area contributed by atoms with E-state index in [1.165, 1.54) is 7.11 Å². The minimum atomic E-state index is -0.479. The molecular weight excluding hydrogens is 184 g/mol. The first-order valence-electron chi connectivity index (χ1n) is 4.76. The van der Waals surface area contributed by atoms with Crippen LogP contribution in [-0.2, 0) is 9.53 Å². The van der Waals surface area contributed by atoms with Crippen LogP contribution in [0.15, 0.2) is 0 Å². The van der Waals surface area contributed by atoms with E-state index in [-0.39, 0.29) is 11.9 Å². The number of aliphatic hydroxyl groups is 1. The fraction of sp³-hybridized carbons (Fsp3) is 0.889. The van der Waals surface area contributed by atoms with Gasteiger partial charge in [-0.15, -0.1) is 0 Å². The Morgan fingerprint density at radius 1 is 1.64 bits per heavy atom. The third-order valence-corrected chi connectivity index (χ3v) is 2.70. The minimum Gasteiger partial charge on any atom is -0.390 e. The lowest BCUT2D eigenvalue weighted by molar-refractivity contribution is -0.143. The van der Waals surface area contributed by atoms with Crippen molar-refractivity contribution in [2.45, 2.75) is 25.2 Å². The highest BCUT2D eigenvalue weighted by atomic mass is 16.5. The average molecular weight is 202 g/mol. The van der Waals surface area contributed by atoms with Crippen LogP contribution < -0.4 is 5.32 Å². The Morgan fingerprint density at radius 3 is 2.71 bits per heavy atom. The molecule has 1 aliphatic rings. The van der Waals surface area contributed by atoms with Crippen molar-refractivity contribution in [3.8, 4) is 0 Å². The monoisotopic (exact) mass is 202 g/mol. The summed E-state index contributed by atoms with van der Waals surface area (Å²) in [6.07, 6.45) is -0.930. The molecule has 0 aromatic heterocycles. The number of amides is 1. The molecule has 0 saturated carbocycles. The van der Waals surface area contributed by atoms with Gasteiger partial charge >= 0.3 is 0 Å². The summed E-state index contributed by atoms with van der Waals surface area (Å²) in [7, 11) is 3.19. The topological polar surface area (TPSA) is 61.8 Å². The molecular formula is C9H18N2O3. The van der Waals surface area contributed by atoms with E-state index in [0.29, 0.717) is 13.1 Å². The summed E-state index contributed by atoms with van der Waals surface area (Å²) < 4.78 is 4.93. The number of methoxy groups -OCH3 is 1. The fourth-order valence-corrected chi connectivity index (χ4v) is 1.60. The van der Waals surface area contributed by atoms with E-state index in [1.807, 2.05) is 0 Å². The third-order valence-electron chi connectivity index (χ3n) is 2.70. The maximum absolute atomic E-state index is 11.7. The second kappa shape index (κ2) is 4.72. The predicted molar refractivity (Wildman–Crippen MR) is 51.9 cm³/mol. The molecule has 1 saturated heterocycles. The Hall–Kier alpha value is -0.650. The maximum Gasteiger partial charge on any atom is 0.251 e. The lowest BCUT2D eigenvalue weighted by Crippen LogP contribution is -2.47. The number of hydrogen-bond acceptors (Lipinski definition) is 4. The molecule has 0 bridgehead atoms. The van der Waals surface area contributed by atoms with Crippen molar-refractivity contribution < 1.29 is 14.6 Å². The molecule has 14 heavy (non-hydrogen) atoms. The van der Waals surface area contributed by atoms with Crippen molar-refractivity contribution in [2.75, 3.05) is 27.2 Å². The summed E-state index contributed by atoms with van der Waals surface area (Å²) in [5, 5.41) is 12.6. The molecule has 1 amide bonds. The number of carbonyl (C=O) groups is 1. The smallest absolute Gasteiger partial charge is 0.251 e. The van der Waals surface area contributed by atoms with Crippen LogP contribution in [0.5, 0.6) is 0 Å². The van der Waals surface area contributed by atoms with Crippen molar-refractivity contribution in [3.63, 3.8) is 0 Å². The Bertz CT molecular complexity index is 210. The van der Waals surface area contributed by atoms with Gasteiger partial charge in [-0.2, -0.15) is 0 Å². The lowest BCUT2D eigenvalue weighted by atomic mass is 10.2. The van der Waals surface area contributed by atoms with Crippen molar-refractivity contribution >= 4 is 5.91 Å². The molecule has 82 valence electrons. The molecule has 0 radical (unpaired) electrons. The number of likely N-dealkylation sites (N-methyl/N-ethyl adjacent to an activating group) is 1.